The fourth-order valence-electron chi connectivity index (χ4n) is 2.61. The molecule has 0 saturated heterocycles. The molecular formula is C16H21NO5S. The predicted molar refractivity (Wildman–Crippen MR) is 86.8 cm³/mol. The second-order valence-corrected chi connectivity index (χ2v) is 7.57. The van der Waals surface area contributed by atoms with Gasteiger partial charge in [-0.2, -0.15) is 0 Å². The van der Waals surface area contributed by atoms with Crippen LogP contribution in [0.1, 0.15) is 42.5 Å². The van der Waals surface area contributed by atoms with Crippen molar-refractivity contribution in [1.29, 1.82) is 0 Å². The van der Waals surface area contributed by atoms with Crippen LogP contribution in [0.25, 0.3) is 0 Å². The first-order valence-electron chi connectivity index (χ1n) is 7.63. The topological polar surface area (TPSA) is 89.5 Å². The molecule has 1 saturated carbocycles. The monoisotopic (exact) mass is 339 g/mol. The Kier molecular flexibility index (Phi) is 5.76. The summed E-state index contributed by atoms with van der Waals surface area (Å²) in [7, 11) is -3.35. The molecule has 0 radical (unpaired) electrons. The summed E-state index contributed by atoms with van der Waals surface area (Å²) in [6.07, 6.45) is 5.93. The van der Waals surface area contributed by atoms with Gasteiger partial charge in [0, 0.05) is 11.3 Å². The molecule has 0 bridgehead atoms. The molecule has 1 aliphatic carbocycles. The standard InChI is InChI=1S/C16H21NO5S/c1-23(20,21)17-14-9-7-12(8-10-14)15(18)11-22-16(19)13-5-3-2-4-6-13/h7-10,13,17H,2-6,11H2,1H3. The van der Waals surface area contributed by atoms with E-state index in [-0.39, 0.29) is 24.3 Å². The molecule has 126 valence electrons. The van der Waals surface area contributed by atoms with E-state index >= 15 is 0 Å². The van der Waals surface area contributed by atoms with E-state index in [4.69, 9.17) is 4.74 Å². The van der Waals surface area contributed by atoms with Gasteiger partial charge >= 0.3 is 5.97 Å². The van der Waals surface area contributed by atoms with Gasteiger partial charge in [0.1, 0.15) is 0 Å². The summed E-state index contributed by atoms with van der Waals surface area (Å²) in [6, 6.07) is 6.00. The molecule has 0 unspecified atom stereocenters. The van der Waals surface area contributed by atoms with E-state index in [1.54, 1.807) is 0 Å². The predicted octanol–water partition coefficient (Wildman–Crippen LogP) is 2.36. The molecule has 0 atom stereocenters. The highest BCUT2D eigenvalue weighted by molar-refractivity contribution is 7.92. The van der Waals surface area contributed by atoms with Crippen LogP contribution in [0.5, 0.6) is 0 Å². The molecule has 6 nitrogen and oxygen atoms in total. The number of hydrogen-bond acceptors (Lipinski definition) is 5. The van der Waals surface area contributed by atoms with Crippen LogP contribution in [-0.2, 0) is 19.6 Å². The number of esters is 1. The zero-order valence-electron chi connectivity index (χ0n) is 13.1. The van der Waals surface area contributed by atoms with Gasteiger partial charge in [-0.25, -0.2) is 8.42 Å². The molecule has 0 aliphatic heterocycles. The van der Waals surface area contributed by atoms with Crippen molar-refractivity contribution in [2.24, 2.45) is 5.92 Å². The lowest BCUT2D eigenvalue weighted by Gasteiger charge is -2.19. The summed E-state index contributed by atoms with van der Waals surface area (Å²) in [6.45, 7) is -0.284. The van der Waals surface area contributed by atoms with Crippen LogP contribution in [0.2, 0.25) is 0 Å². The third kappa shape index (κ3) is 5.67. The van der Waals surface area contributed by atoms with E-state index < -0.39 is 10.0 Å². The third-order valence-electron chi connectivity index (χ3n) is 3.79. The highest BCUT2D eigenvalue weighted by Crippen LogP contribution is 2.24. The van der Waals surface area contributed by atoms with Gasteiger partial charge < -0.3 is 4.74 Å². The van der Waals surface area contributed by atoms with Crippen molar-refractivity contribution in [3.05, 3.63) is 29.8 Å². The second-order valence-electron chi connectivity index (χ2n) is 5.82. The molecule has 1 N–H and O–H groups in total. The molecule has 0 heterocycles. The lowest BCUT2D eigenvalue weighted by atomic mass is 9.89. The molecule has 1 aromatic carbocycles. The number of hydrogen-bond donors (Lipinski definition) is 1. The number of Topliss-reactive ketones (excluding diaryl/α,β-unsaturated/α-hetero) is 1. The molecular weight excluding hydrogens is 318 g/mol. The van der Waals surface area contributed by atoms with Gasteiger partial charge in [-0.3, -0.25) is 14.3 Å². The Hall–Kier alpha value is -1.89. The molecule has 7 heteroatoms. The lowest BCUT2D eigenvalue weighted by Crippen LogP contribution is -2.23. The van der Waals surface area contributed by atoms with E-state index in [0.29, 0.717) is 11.3 Å². The van der Waals surface area contributed by atoms with Crippen molar-refractivity contribution in [3.63, 3.8) is 0 Å². The van der Waals surface area contributed by atoms with Gasteiger partial charge in [-0.15, -0.1) is 0 Å². The van der Waals surface area contributed by atoms with Crippen molar-refractivity contribution in [2.75, 3.05) is 17.6 Å². The zero-order chi connectivity index (χ0) is 16.9. The zero-order valence-corrected chi connectivity index (χ0v) is 13.9. The summed E-state index contributed by atoms with van der Waals surface area (Å²) < 4.78 is 29.6. The Labute approximate surface area is 136 Å². The first-order valence-corrected chi connectivity index (χ1v) is 9.52. The van der Waals surface area contributed by atoms with E-state index in [0.717, 1.165) is 38.4 Å². The van der Waals surface area contributed by atoms with Crippen molar-refractivity contribution >= 4 is 27.5 Å². The van der Waals surface area contributed by atoms with Crippen LogP contribution in [-0.4, -0.2) is 33.0 Å². The summed E-state index contributed by atoms with van der Waals surface area (Å²) in [5.41, 5.74) is 0.753. The molecule has 1 aliphatic rings. The SMILES string of the molecule is CS(=O)(=O)Nc1ccc(C(=O)COC(=O)C2CCCCC2)cc1. The van der Waals surface area contributed by atoms with Crippen molar-refractivity contribution in [2.45, 2.75) is 32.1 Å². The maximum Gasteiger partial charge on any atom is 0.309 e. The van der Waals surface area contributed by atoms with Gasteiger partial charge in [0.15, 0.2) is 12.4 Å². The average molecular weight is 339 g/mol. The van der Waals surface area contributed by atoms with Crippen molar-refractivity contribution < 1.29 is 22.7 Å². The fourth-order valence-corrected chi connectivity index (χ4v) is 3.18. The first kappa shape index (κ1) is 17.5. The normalized spacial score (nSPS) is 15.9. The highest BCUT2D eigenvalue weighted by Gasteiger charge is 2.23. The van der Waals surface area contributed by atoms with Crippen LogP contribution in [0, 0.1) is 5.92 Å². The minimum absolute atomic E-state index is 0.0853. The summed E-state index contributed by atoms with van der Waals surface area (Å²) in [5, 5.41) is 0. The molecule has 23 heavy (non-hydrogen) atoms. The number of anilines is 1. The number of benzene rings is 1. The van der Waals surface area contributed by atoms with Gasteiger partial charge in [0.2, 0.25) is 10.0 Å². The molecule has 0 aromatic heterocycles. The van der Waals surface area contributed by atoms with Gasteiger partial charge in [0.25, 0.3) is 0 Å². The van der Waals surface area contributed by atoms with E-state index in [1.807, 2.05) is 0 Å². The largest absolute Gasteiger partial charge is 0.457 e. The Morgan fingerprint density at radius 3 is 2.30 bits per heavy atom. The summed E-state index contributed by atoms with van der Waals surface area (Å²) in [5.74, 6) is -0.689. The summed E-state index contributed by atoms with van der Waals surface area (Å²) >= 11 is 0. The van der Waals surface area contributed by atoms with Crippen LogP contribution >= 0.6 is 0 Å². The smallest absolute Gasteiger partial charge is 0.309 e. The Balaban J connectivity index is 1.86. The van der Waals surface area contributed by atoms with Gasteiger partial charge in [-0.1, -0.05) is 19.3 Å². The molecule has 2 rings (SSSR count). The Morgan fingerprint density at radius 2 is 1.74 bits per heavy atom. The van der Waals surface area contributed by atoms with E-state index in [1.165, 1.54) is 24.3 Å². The number of nitrogens with one attached hydrogen (secondary N) is 1. The minimum Gasteiger partial charge on any atom is -0.457 e. The van der Waals surface area contributed by atoms with Gasteiger partial charge in [-0.05, 0) is 37.1 Å². The van der Waals surface area contributed by atoms with Crippen LogP contribution < -0.4 is 4.72 Å². The fraction of sp³-hybridized carbons (Fsp3) is 0.500. The number of carbonyl (C=O) groups is 2. The second kappa shape index (κ2) is 7.59. The number of ketones is 1. The Morgan fingerprint density at radius 1 is 1.13 bits per heavy atom. The Bertz CT molecular complexity index is 660. The summed E-state index contributed by atoms with van der Waals surface area (Å²) in [4.78, 5) is 23.9. The first-order chi connectivity index (χ1) is 10.8. The van der Waals surface area contributed by atoms with Crippen LogP contribution in [0.3, 0.4) is 0 Å². The average Bonchev–Trinajstić information content (AvgIpc) is 2.52. The quantitative estimate of drug-likeness (QED) is 0.635. The molecule has 1 aromatic rings. The van der Waals surface area contributed by atoms with Crippen LogP contribution in [0.15, 0.2) is 24.3 Å². The number of rotatable bonds is 6. The number of carbonyl (C=O) groups excluding carboxylic acids is 2. The molecule has 0 amide bonds. The highest BCUT2D eigenvalue weighted by atomic mass is 32.2. The van der Waals surface area contributed by atoms with E-state index in [9.17, 15) is 18.0 Å². The lowest BCUT2D eigenvalue weighted by molar-refractivity contribution is -0.148. The minimum atomic E-state index is -3.35. The third-order valence-corrected chi connectivity index (χ3v) is 4.40. The maximum atomic E-state index is 12.0. The van der Waals surface area contributed by atoms with Gasteiger partial charge in [0.05, 0.1) is 12.2 Å². The maximum absolute atomic E-state index is 12.0. The van der Waals surface area contributed by atoms with Crippen molar-refractivity contribution in [3.8, 4) is 0 Å². The van der Waals surface area contributed by atoms with Crippen LogP contribution in [0.4, 0.5) is 5.69 Å². The van der Waals surface area contributed by atoms with Crippen molar-refractivity contribution in [1.82, 2.24) is 0 Å². The number of ether oxygens (including phenoxy) is 1. The van der Waals surface area contributed by atoms with E-state index in [2.05, 4.69) is 4.72 Å². The molecule has 0 spiro atoms. The number of sulfonamides is 1. The molecule has 1 fully saturated rings.